The summed E-state index contributed by atoms with van der Waals surface area (Å²) in [6, 6.07) is 5.40. The van der Waals surface area contributed by atoms with Crippen molar-refractivity contribution in [2.45, 2.75) is 45.6 Å². The summed E-state index contributed by atoms with van der Waals surface area (Å²) in [7, 11) is 3.14. The molecule has 1 aromatic heterocycles. The lowest BCUT2D eigenvalue weighted by Crippen LogP contribution is -2.17. The van der Waals surface area contributed by atoms with Crippen molar-refractivity contribution in [2.24, 2.45) is 0 Å². The second-order valence-electron chi connectivity index (χ2n) is 7.31. The van der Waals surface area contributed by atoms with Crippen LogP contribution in [0.15, 0.2) is 24.3 Å². The van der Waals surface area contributed by atoms with Gasteiger partial charge >= 0.3 is 5.97 Å². The van der Waals surface area contributed by atoms with E-state index in [-0.39, 0.29) is 18.0 Å². The molecule has 0 fully saturated rings. The summed E-state index contributed by atoms with van der Waals surface area (Å²) >= 11 is 1.48. The van der Waals surface area contributed by atoms with E-state index in [0.29, 0.717) is 22.1 Å². The number of hydrogen-bond acceptors (Lipinski definition) is 6. The van der Waals surface area contributed by atoms with E-state index in [0.717, 1.165) is 41.7 Å². The van der Waals surface area contributed by atoms with Gasteiger partial charge in [-0.25, -0.2) is 4.79 Å². The minimum atomic E-state index is -0.372. The highest BCUT2D eigenvalue weighted by Crippen LogP contribution is 2.38. The van der Waals surface area contributed by atoms with Crippen molar-refractivity contribution in [1.29, 1.82) is 0 Å². The molecule has 0 saturated heterocycles. The molecule has 1 heterocycles. The molecule has 7 heteroatoms. The summed E-state index contributed by atoms with van der Waals surface area (Å²) in [5, 5.41) is 3.44. The predicted molar refractivity (Wildman–Crippen MR) is 119 cm³/mol. The molecule has 3 rings (SSSR count). The minimum Gasteiger partial charge on any atom is -0.493 e. The number of nitrogens with one attached hydrogen (secondary N) is 1. The van der Waals surface area contributed by atoms with Crippen molar-refractivity contribution in [3.8, 4) is 11.5 Å². The third-order valence-electron chi connectivity index (χ3n) is 4.79. The summed E-state index contributed by atoms with van der Waals surface area (Å²) in [4.78, 5) is 26.4. The molecule has 0 unspecified atom stereocenters. The molecule has 1 amide bonds. The topological polar surface area (TPSA) is 73.9 Å². The summed E-state index contributed by atoms with van der Waals surface area (Å²) in [5.74, 6) is 0.534. The van der Waals surface area contributed by atoms with Gasteiger partial charge in [-0.3, -0.25) is 4.79 Å². The number of amides is 1. The van der Waals surface area contributed by atoms with Crippen molar-refractivity contribution < 1.29 is 23.8 Å². The number of carbonyl (C=O) groups is 2. The van der Waals surface area contributed by atoms with E-state index in [9.17, 15) is 9.59 Å². The van der Waals surface area contributed by atoms with Gasteiger partial charge in [-0.1, -0.05) is 6.07 Å². The van der Waals surface area contributed by atoms with Gasteiger partial charge in [0.1, 0.15) is 5.00 Å². The Morgan fingerprint density at radius 3 is 2.53 bits per heavy atom. The smallest absolute Gasteiger partial charge is 0.341 e. The summed E-state index contributed by atoms with van der Waals surface area (Å²) in [5.41, 5.74) is 2.33. The third kappa shape index (κ3) is 5.02. The van der Waals surface area contributed by atoms with Crippen LogP contribution in [0, 0.1) is 0 Å². The SMILES string of the molecule is COc1ccc(C=CC(=O)Nc2sc3c(c2C(=O)OC(C)C)CCCC3)cc1OC. The lowest BCUT2D eigenvalue weighted by molar-refractivity contribution is -0.111. The normalized spacial score (nSPS) is 13.2. The van der Waals surface area contributed by atoms with Crippen LogP contribution in [0.2, 0.25) is 0 Å². The molecule has 0 saturated carbocycles. The quantitative estimate of drug-likeness (QED) is 0.503. The second-order valence-corrected chi connectivity index (χ2v) is 8.41. The van der Waals surface area contributed by atoms with Gasteiger partial charge in [0, 0.05) is 11.0 Å². The first-order valence-electron chi connectivity index (χ1n) is 9.99. The number of fused-ring (bicyclic) bond motifs is 1. The molecule has 0 spiro atoms. The summed E-state index contributed by atoms with van der Waals surface area (Å²) < 4.78 is 16.0. The van der Waals surface area contributed by atoms with Crippen LogP contribution in [0.1, 0.15) is 53.1 Å². The maximum atomic E-state index is 12.7. The Balaban J connectivity index is 1.80. The second kappa shape index (κ2) is 9.80. The van der Waals surface area contributed by atoms with Crippen LogP contribution in [0.4, 0.5) is 5.00 Å². The lowest BCUT2D eigenvalue weighted by atomic mass is 9.95. The largest absolute Gasteiger partial charge is 0.493 e. The zero-order valence-corrected chi connectivity index (χ0v) is 18.6. The van der Waals surface area contributed by atoms with Gasteiger partial charge in [0.15, 0.2) is 11.5 Å². The highest BCUT2D eigenvalue weighted by Gasteiger charge is 2.27. The number of hydrogen-bond donors (Lipinski definition) is 1. The molecular formula is C23H27NO5S. The van der Waals surface area contributed by atoms with Gasteiger partial charge < -0.3 is 19.5 Å². The highest BCUT2D eigenvalue weighted by molar-refractivity contribution is 7.17. The average Bonchev–Trinajstić information content (AvgIpc) is 3.09. The first-order chi connectivity index (χ1) is 14.4. The van der Waals surface area contributed by atoms with E-state index in [2.05, 4.69) is 5.32 Å². The van der Waals surface area contributed by atoms with E-state index in [4.69, 9.17) is 14.2 Å². The molecule has 1 N–H and O–H groups in total. The number of methoxy groups -OCH3 is 2. The van der Waals surface area contributed by atoms with Crippen LogP contribution in [0.3, 0.4) is 0 Å². The number of carbonyl (C=O) groups excluding carboxylic acids is 2. The number of ether oxygens (including phenoxy) is 3. The molecule has 160 valence electrons. The van der Waals surface area contributed by atoms with Crippen molar-refractivity contribution in [2.75, 3.05) is 19.5 Å². The van der Waals surface area contributed by atoms with E-state index in [1.807, 2.05) is 19.9 Å². The zero-order valence-electron chi connectivity index (χ0n) is 17.7. The number of esters is 1. The van der Waals surface area contributed by atoms with Crippen LogP contribution in [0.25, 0.3) is 6.08 Å². The van der Waals surface area contributed by atoms with Crippen LogP contribution in [-0.4, -0.2) is 32.2 Å². The molecule has 0 atom stereocenters. The maximum Gasteiger partial charge on any atom is 0.341 e. The minimum absolute atomic E-state index is 0.217. The van der Waals surface area contributed by atoms with E-state index < -0.39 is 0 Å². The molecule has 0 bridgehead atoms. The fourth-order valence-electron chi connectivity index (χ4n) is 3.42. The maximum absolute atomic E-state index is 12.7. The van der Waals surface area contributed by atoms with Crippen LogP contribution >= 0.6 is 11.3 Å². The Labute approximate surface area is 180 Å². The van der Waals surface area contributed by atoms with E-state index in [1.165, 1.54) is 17.4 Å². The van der Waals surface area contributed by atoms with E-state index >= 15 is 0 Å². The number of aryl methyl sites for hydroxylation is 1. The van der Waals surface area contributed by atoms with Gasteiger partial charge in [-0.15, -0.1) is 11.3 Å². The molecule has 0 radical (unpaired) electrons. The fourth-order valence-corrected chi connectivity index (χ4v) is 4.71. The monoisotopic (exact) mass is 429 g/mol. The van der Waals surface area contributed by atoms with Gasteiger partial charge in [-0.05, 0) is 68.9 Å². The van der Waals surface area contributed by atoms with Crippen molar-refractivity contribution in [3.05, 3.63) is 45.8 Å². The number of thiophene rings is 1. The highest BCUT2D eigenvalue weighted by atomic mass is 32.1. The molecule has 0 aliphatic heterocycles. The molecule has 6 nitrogen and oxygen atoms in total. The van der Waals surface area contributed by atoms with Crippen molar-refractivity contribution >= 4 is 34.3 Å². The molecule has 30 heavy (non-hydrogen) atoms. The summed E-state index contributed by atoms with van der Waals surface area (Å²) in [6.07, 6.45) is 6.82. The first kappa shape index (κ1) is 21.9. The van der Waals surface area contributed by atoms with Gasteiger partial charge in [0.05, 0.1) is 25.9 Å². The zero-order chi connectivity index (χ0) is 21.7. The van der Waals surface area contributed by atoms with Gasteiger partial charge in [0.2, 0.25) is 5.91 Å². The van der Waals surface area contributed by atoms with Crippen molar-refractivity contribution in [1.82, 2.24) is 0 Å². The number of anilines is 1. The Hall–Kier alpha value is -2.80. The van der Waals surface area contributed by atoms with Crippen LogP contribution < -0.4 is 14.8 Å². The number of rotatable bonds is 7. The number of benzene rings is 1. The van der Waals surface area contributed by atoms with Crippen molar-refractivity contribution in [3.63, 3.8) is 0 Å². The Bertz CT molecular complexity index is 961. The average molecular weight is 430 g/mol. The molecule has 2 aromatic rings. The first-order valence-corrected chi connectivity index (χ1v) is 10.8. The standard InChI is InChI=1S/C23H27NO5S/c1-14(2)29-23(26)21-16-7-5-6-8-19(16)30-22(21)24-20(25)12-10-15-9-11-17(27-3)18(13-15)28-4/h9-14H,5-8H2,1-4H3,(H,24,25). The van der Waals surface area contributed by atoms with Crippen LogP contribution in [-0.2, 0) is 22.4 Å². The predicted octanol–water partition coefficient (Wildman–Crippen LogP) is 4.86. The molecule has 1 aliphatic carbocycles. The van der Waals surface area contributed by atoms with Crippen LogP contribution in [0.5, 0.6) is 11.5 Å². The third-order valence-corrected chi connectivity index (χ3v) is 6.00. The Morgan fingerprint density at radius 1 is 1.10 bits per heavy atom. The fraction of sp³-hybridized carbons (Fsp3) is 0.391. The molecule has 1 aromatic carbocycles. The van der Waals surface area contributed by atoms with Gasteiger partial charge in [-0.2, -0.15) is 0 Å². The van der Waals surface area contributed by atoms with Gasteiger partial charge in [0.25, 0.3) is 0 Å². The lowest BCUT2D eigenvalue weighted by Gasteiger charge is -2.14. The summed E-state index contributed by atoms with van der Waals surface area (Å²) in [6.45, 7) is 3.64. The molecule has 1 aliphatic rings. The Morgan fingerprint density at radius 2 is 1.83 bits per heavy atom. The Kier molecular flexibility index (Phi) is 7.15. The van der Waals surface area contributed by atoms with E-state index in [1.54, 1.807) is 32.4 Å². The molecular weight excluding hydrogens is 402 g/mol.